The molecule has 0 radical (unpaired) electrons. The molecule has 0 aromatic heterocycles. The fourth-order valence-electron chi connectivity index (χ4n) is 3.57. The van der Waals surface area contributed by atoms with E-state index in [0.29, 0.717) is 5.56 Å². The van der Waals surface area contributed by atoms with Crippen molar-refractivity contribution in [2.45, 2.75) is 64.6 Å². The molecule has 3 N–H and O–H groups in total. The first-order chi connectivity index (χ1) is 15.5. The summed E-state index contributed by atoms with van der Waals surface area (Å²) >= 11 is 0. The highest BCUT2D eigenvalue weighted by Gasteiger charge is 2.36. The van der Waals surface area contributed by atoms with Gasteiger partial charge < -0.3 is 30.0 Å². The SMILES string of the molecule is CC(=O)N[C@@H](Cc1cc(F)cc(OCCF)c1)[C@H](O)[C@H]1CO[C@@H](OCC(C)(C)CF)[C@H](C)N1.Cl. The molecule has 0 aliphatic carbocycles. The van der Waals surface area contributed by atoms with E-state index in [0.717, 1.165) is 6.07 Å². The van der Waals surface area contributed by atoms with Crippen molar-refractivity contribution in [1.29, 1.82) is 0 Å². The summed E-state index contributed by atoms with van der Waals surface area (Å²) in [5, 5.41) is 16.9. The van der Waals surface area contributed by atoms with Gasteiger partial charge in [0.25, 0.3) is 0 Å². The Morgan fingerprint density at radius 3 is 2.65 bits per heavy atom. The molecule has 7 nitrogen and oxygen atoms in total. The summed E-state index contributed by atoms with van der Waals surface area (Å²) in [7, 11) is 0. The second-order valence-electron chi connectivity index (χ2n) is 9.21. The summed E-state index contributed by atoms with van der Waals surface area (Å²) in [6.45, 7) is 5.48. The molecule has 5 atom stereocenters. The van der Waals surface area contributed by atoms with Crippen LogP contribution >= 0.6 is 12.4 Å². The molecule has 1 fully saturated rings. The Labute approximate surface area is 205 Å². The van der Waals surface area contributed by atoms with Crippen LogP contribution in [-0.2, 0) is 20.7 Å². The lowest BCUT2D eigenvalue weighted by Crippen LogP contribution is -2.62. The number of aliphatic hydroxyl groups is 1. The van der Waals surface area contributed by atoms with Crippen LogP contribution in [0.15, 0.2) is 18.2 Å². The van der Waals surface area contributed by atoms with E-state index < -0.39 is 49.1 Å². The first-order valence-electron chi connectivity index (χ1n) is 11.0. The molecule has 1 aromatic rings. The van der Waals surface area contributed by atoms with Gasteiger partial charge in [-0.15, -0.1) is 12.4 Å². The van der Waals surface area contributed by atoms with Crippen molar-refractivity contribution in [3.05, 3.63) is 29.6 Å². The number of aliphatic hydroxyl groups excluding tert-OH is 1. The van der Waals surface area contributed by atoms with Crippen LogP contribution in [0.1, 0.15) is 33.3 Å². The van der Waals surface area contributed by atoms with Gasteiger partial charge >= 0.3 is 0 Å². The number of carbonyl (C=O) groups is 1. The van der Waals surface area contributed by atoms with Gasteiger partial charge in [0, 0.05) is 18.4 Å². The molecule has 0 bridgehead atoms. The number of rotatable bonds is 12. The van der Waals surface area contributed by atoms with Crippen molar-refractivity contribution in [3.63, 3.8) is 0 Å². The van der Waals surface area contributed by atoms with Crippen LogP contribution in [-0.4, -0.2) is 74.7 Å². The number of hydrogen-bond donors (Lipinski definition) is 3. The smallest absolute Gasteiger partial charge is 0.217 e. The van der Waals surface area contributed by atoms with Crippen LogP contribution in [0.3, 0.4) is 0 Å². The van der Waals surface area contributed by atoms with Crippen molar-refractivity contribution in [2.75, 3.05) is 33.2 Å². The van der Waals surface area contributed by atoms with E-state index in [1.165, 1.54) is 13.0 Å². The Bertz CT molecular complexity index is 774. The average Bonchev–Trinajstić information content (AvgIpc) is 2.75. The molecular formula is C23H36ClF3N2O5. The maximum atomic E-state index is 14.0. The summed E-state index contributed by atoms with van der Waals surface area (Å²) in [5.74, 6) is -0.757. The molecule has 1 amide bonds. The Kier molecular flexibility index (Phi) is 12.6. The zero-order valence-electron chi connectivity index (χ0n) is 20.0. The van der Waals surface area contributed by atoms with Gasteiger partial charge in [-0.25, -0.2) is 8.78 Å². The van der Waals surface area contributed by atoms with E-state index in [4.69, 9.17) is 14.2 Å². The Morgan fingerprint density at radius 2 is 2.06 bits per heavy atom. The van der Waals surface area contributed by atoms with Gasteiger partial charge in [-0.3, -0.25) is 9.18 Å². The molecule has 196 valence electrons. The average molecular weight is 513 g/mol. The third-order valence-electron chi connectivity index (χ3n) is 5.27. The molecular weight excluding hydrogens is 477 g/mol. The number of hydrogen-bond acceptors (Lipinski definition) is 6. The molecule has 1 aliphatic heterocycles. The molecule has 0 unspecified atom stereocenters. The van der Waals surface area contributed by atoms with Crippen LogP contribution in [0.4, 0.5) is 13.2 Å². The Morgan fingerprint density at radius 1 is 1.35 bits per heavy atom. The predicted octanol–water partition coefficient (Wildman–Crippen LogP) is 2.72. The zero-order chi connectivity index (χ0) is 24.6. The van der Waals surface area contributed by atoms with Gasteiger partial charge in [0.15, 0.2) is 6.29 Å². The Balaban J connectivity index is 0.00000578. The molecule has 1 aromatic carbocycles. The first kappa shape index (κ1) is 30.4. The molecule has 1 saturated heterocycles. The molecule has 1 heterocycles. The summed E-state index contributed by atoms with van der Waals surface area (Å²) in [6.07, 6.45) is -1.57. The highest BCUT2D eigenvalue weighted by molar-refractivity contribution is 5.85. The highest BCUT2D eigenvalue weighted by atomic mass is 35.5. The summed E-state index contributed by atoms with van der Waals surface area (Å²) in [4.78, 5) is 11.8. The lowest BCUT2D eigenvalue weighted by Gasteiger charge is -2.40. The zero-order valence-corrected chi connectivity index (χ0v) is 20.8. The minimum Gasteiger partial charge on any atom is -0.491 e. The van der Waals surface area contributed by atoms with Gasteiger partial charge in [0.05, 0.1) is 44.1 Å². The van der Waals surface area contributed by atoms with E-state index >= 15 is 0 Å². The lowest BCUT2D eigenvalue weighted by molar-refractivity contribution is -0.203. The number of benzene rings is 1. The first-order valence-corrected chi connectivity index (χ1v) is 11.0. The largest absolute Gasteiger partial charge is 0.491 e. The van der Waals surface area contributed by atoms with Crippen LogP contribution in [0.25, 0.3) is 0 Å². The van der Waals surface area contributed by atoms with Crippen molar-refractivity contribution >= 4 is 18.3 Å². The minimum atomic E-state index is -1.07. The van der Waals surface area contributed by atoms with Gasteiger partial charge in [0.1, 0.15) is 24.8 Å². The summed E-state index contributed by atoms with van der Waals surface area (Å²) < 4.78 is 56.0. The minimum absolute atomic E-state index is 0. The monoisotopic (exact) mass is 512 g/mol. The molecule has 2 rings (SSSR count). The maximum Gasteiger partial charge on any atom is 0.217 e. The number of ether oxygens (including phenoxy) is 3. The molecule has 0 spiro atoms. The van der Waals surface area contributed by atoms with Gasteiger partial charge in [0.2, 0.25) is 5.91 Å². The maximum absolute atomic E-state index is 14.0. The van der Waals surface area contributed by atoms with Gasteiger partial charge in [-0.1, -0.05) is 13.8 Å². The number of nitrogens with one attached hydrogen (secondary N) is 2. The van der Waals surface area contributed by atoms with Crippen molar-refractivity contribution in [1.82, 2.24) is 10.6 Å². The van der Waals surface area contributed by atoms with Crippen LogP contribution in [0, 0.1) is 11.2 Å². The number of carbonyl (C=O) groups excluding carboxylic acids is 1. The quantitative estimate of drug-likeness (QED) is 0.399. The molecule has 11 heteroatoms. The number of morpholine rings is 1. The molecule has 1 aliphatic rings. The van der Waals surface area contributed by atoms with E-state index in [-0.39, 0.29) is 56.3 Å². The van der Waals surface area contributed by atoms with Gasteiger partial charge in [-0.2, -0.15) is 0 Å². The predicted molar refractivity (Wildman–Crippen MR) is 124 cm³/mol. The van der Waals surface area contributed by atoms with E-state index in [2.05, 4.69) is 10.6 Å². The Hall–Kier alpha value is -1.59. The molecule has 0 saturated carbocycles. The number of amides is 1. The number of alkyl halides is 2. The summed E-state index contributed by atoms with van der Waals surface area (Å²) in [5.41, 5.74) is -0.158. The number of halogens is 4. The van der Waals surface area contributed by atoms with Crippen molar-refractivity contribution < 1.29 is 37.3 Å². The topological polar surface area (TPSA) is 89.1 Å². The van der Waals surface area contributed by atoms with Crippen LogP contribution in [0.2, 0.25) is 0 Å². The highest BCUT2D eigenvalue weighted by Crippen LogP contribution is 2.22. The normalized spacial score (nSPS) is 22.4. The second kappa shape index (κ2) is 14.1. The van der Waals surface area contributed by atoms with E-state index in [1.54, 1.807) is 19.9 Å². The fraction of sp³-hybridized carbons (Fsp3) is 0.696. The lowest BCUT2D eigenvalue weighted by atomic mass is 9.95. The van der Waals surface area contributed by atoms with Crippen LogP contribution in [0.5, 0.6) is 5.75 Å². The van der Waals surface area contributed by atoms with Crippen molar-refractivity contribution in [2.24, 2.45) is 5.41 Å². The third kappa shape index (κ3) is 9.58. The summed E-state index contributed by atoms with van der Waals surface area (Å²) in [6, 6.07) is 2.36. The fourth-order valence-corrected chi connectivity index (χ4v) is 3.57. The third-order valence-corrected chi connectivity index (χ3v) is 5.27. The van der Waals surface area contributed by atoms with Crippen molar-refractivity contribution in [3.8, 4) is 5.75 Å². The standard InChI is InChI=1S/C23H35F3N2O5.ClH/c1-14-22(33-13-23(3,4)12-25)32-11-20(27-14)21(30)19(28-15(2)29)9-16-7-17(26)10-18(8-16)31-6-5-24;/h7-8,10,14,19-22,27,30H,5-6,9,11-13H2,1-4H3,(H,28,29);1H/t14-,19-,20+,21-,22-;/m0./s1. The molecule has 34 heavy (non-hydrogen) atoms. The van der Waals surface area contributed by atoms with Crippen LogP contribution < -0.4 is 15.4 Å². The van der Waals surface area contributed by atoms with Gasteiger partial charge in [-0.05, 0) is 31.0 Å². The van der Waals surface area contributed by atoms with E-state index in [1.807, 2.05) is 6.92 Å². The second-order valence-corrected chi connectivity index (χ2v) is 9.21. The van der Waals surface area contributed by atoms with E-state index in [9.17, 15) is 23.1 Å².